The predicted molar refractivity (Wildman–Crippen MR) is 64.1 cm³/mol. The van der Waals surface area contributed by atoms with E-state index in [0.717, 1.165) is 0 Å². The van der Waals surface area contributed by atoms with Gasteiger partial charge in [-0.3, -0.25) is 0 Å². The van der Waals surface area contributed by atoms with Crippen molar-refractivity contribution in [3.63, 3.8) is 0 Å². The van der Waals surface area contributed by atoms with E-state index in [9.17, 15) is 0 Å². The number of hydrogen-bond donors (Lipinski definition) is 0. The zero-order valence-corrected chi connectivity index (χ0v) is 11.4. The molecule has 1 unspecified atom stereocenters. The Morgan fingerprint density at radius 2 is 1.94 bits per heavy atom. The molecule has 17 heavy (non-hydrogen) atoms. The Bertz CT molecular complexity index is 266. The van der Waals surface area contributed by atoms with Crippen molar-refractivity contribution in [2.45, 2.75) is 70.7 Å². The number of hydrogen-bond acceptors (Lipinski definition) is 4. The van der Waals surface area contributed by atoms with E-state index in [-0.39, 0.29) is 30.5 Å². The van der Waals surface area contributed by atoms with Gasteiger partial charge >= 0.3 is 0 Å². The van der Waals surface area contributed by atoms with Crippen molar-refractivity contribution in [1.82, 2.24) is 0 Å². The second-order valence-electron chi connectivity index (χ2n) is 5.63. The Morgan fingerprint density at radius 1 is 1.24 bits per heavy atom. The van der Waals surface area contributed by atoms with Crippen molar-refractivity contribution in [3.8, 4) is 0 Å². The lowest BCUT2D eigenvalue weighted by Gasteiger charge is -2.31. The van der Waals surface area contributed by atoms with Crippen LogP contribution >= 0.6 is 0 Å². The molecule has 0 aromatic heterocycles. The summed E-state index contributed by atoms with van der Waals surface area (Å²) in [6.07, 6.45) is 0.506. The van der Waals surface area contributed by atoms with Crippen LogP contribution in [0.15, 0.2) is 0 Å². The van der Waals surface area contributed by atoms with Gasteiger partial charge in [0.15, 0.2) is 0 Å². The summed E-state index contributed by atoms with van der Waals surface area (Å²) in [5.74, 6) is 0. The van der Waals surface area contributed by atoms with Crippen molar-refractivity contribution in [3.05, 3.63) is 0 Å². The molecule has 0 N–H and O–H groups in total. The monoisotopic (exact) mass is 244 g/mol. The van der Waals surface area contributed by atoms with Gasteiger partial charge in [-0.1, -0.05) is 0 Å². The molecule has 0 aromatic carbocycles. The van der Waals surface area contributed by atoms with E-state index in [2.05, 4.69) is 0 Å². The minimum atomic E-state index is -0.404. The number of ether oxygens (including phenoxy) is 4. The second-order valence-corrected chi connectivity index (χ2v) is 5.63. The van der Waals surface area contributed by atoms with E-state index in [1.165, 1.54) is 0 Å². The van der Waals surface area contributed by atoms with Crippen LogP contribution in [-0.4, -0.2) is 49.3 Å². The van der Waals surface area contributed by atoms with Crippen LogP contribution in [0.5, 0.6) is 0 Å². The Kier molecular flexibility index (Phi) is 3.78. The highest BCUT2D eigenvalue weighted by molar-refractivity contribution is 5.08. The molecule has 2 aliphatic rings. The SMILES string of the molecule is CC(C)OC[C@]12CO[C@@H](C1OC(C)C)[C@H](C)O2. The zero-order chi connectivity index (χ0) is 12.6. The molecule has 2 bridgehead atoms. The lowest BCUT2D eigenvalue weighted by Crippen LogP contribution is -2.47. The third kappa shape index (κ3) is 2.50. The van der Waals surface area contributed by atoms with E-state index >= 15 is 0 Å². The average Bonchev–Trinajstić information content (AvgIpc) is 2.67. The van der Waals surface area contributed by atoms with Crippen LogP contribution in [0.1, 0.15) is 34.6 Å². The summed E-state index contributed by atoms with van der Waals surface area (Å²) in [5, 5.41) is 0. The number of rotatable bonds is 5. The first-order valence-corrected chi connectivity index (χ1v) is 6.51. The molecular weight excluding hydrogens is 220 g/mol. The Morgan fingerprint density at radius 3 is 2.47 bits per heavy atom. The highest BCUT2D eigenvalue weighted by Gasteiger charge is 2.61. The molecule has 2 fully saturated rings. The topological polar surface area (TPSA) is 36.9 Å². The Balaban J connectivity index is 2.07. The summed E-state index contributed by atoms with van der Waals surface area (Å²) in [6, 6.07) is 0. The minimum absolute atomic E-state index is 0.00347. The van der Waals surface area contributed by atoms with Gasteiger partial charge in [-0.15, -0.1) is 0 Å². The van der Waals surface area contributed by atoms with E-state index in [4.69, 9.17) is 18.9 Å². The summed E-state index contributed by atoms with van der Waals surface area (Å²) in [7, 11) is 0. The molecule has 2 heterocycles. The van der Waals surface area contributed by atoms with Crippen LogP contribution in [0.4, 0.5) is 0 Å². The molecule has 4 heteroatoms. The van der Waals surface area contributed by atoms with E-state index in [1.807, 2.05) is 34.6 Å². The summed E-state index contributed by atoms with van der Waals surface area (Å²) in [6.45, 7) is 11.3. The number of fused-ring (bicyclic) bond motifs is 2. The van der Waals surface area contributed by atoms with Crippen molar-refractivity contribution in [1.29, 1.82) is 0 Å². The van der Waals surface area contributed by atoms with Gasteiger partial charge in [-0.2, -0.15) is 0 Å². The lowest BCUT2D eigenvalue weighted by atomic mass is 9.99. The van der Waals surface area contributed by atoms with Gasteiger partial charge in [0, 0.05) is 0 Å². The fraction of sp³-hybridized carbons (Fsp3) is 1.00. The van der Waals surface area contributed by atoms with Crippen LogP contribution in [0.2, 0.25) is 0 Å². The largest absolute Gasteiger partial charge is 0.376 e. The molecule has 0 radical (unpaired) electrons. The van der Waals surface area contributed by atoms with Gasteiger partial charge in [0.05, 0.1) is 31.5 Å². The fourth-order valence-electron chi connectivity index (χ4n) is 2.59. The summed E-state index contributed by atoms with van der Waals surface area (Å²) in [5.41, 5.74) is -0.404. The maximum Gasteiger partial charge on any atom is 0.144 e. The van der Waals surface area contributed by atoms with E-state index in [0.29, 0.717) is 13.2 Å². The predicted octanol–water partition coefficient (Wildman–Crippen LogP) is 1.76. The van der Waals surface area contributed by atoms with Gasteiger partial charge in [0.2, 0.25) is 0 Å². The highest BCUT2D eigenvalue weighted by atomic mass is 16.7. The zero-order valence-electron chi connectivity index (χ0n) is 11.4. The normalized spacial score (nSPS) is 40.8. The third-order valence-electron chi connectivity index (χ3n) is 3.30. The molecule has 0 spiro atoms. The molecular formula is C13H24O4. The third-order valence-corrected chi connectivity index (χ3v) is 3.30. The van der Waals surface area contributed by atoms with Crippen LogP contribution in [0, 0.1) is 0 Å². The molecule has 100 valence electrons. The van der Waals surface area contributed by atoms with Crippen molar-refractivity contribution >= 4 is 0 Å². The van der Waals surface area contributed by atoms with Crippen LogP contribution in [0.3, 0.4) is 0 Å². The van der Waals surface area contributed by atoms with Gasteiger partial charge < -0.3 is 18.9 Å². The molecule has 0 aromatic rings. The lowest BCUT2D eigenvalue weighted by molar-refractivity contribution is -0.174. The van der Waals surface area contributed by atoms with Crippen LogP contribution < -0.4 is 0 Å². The molecule has 0 amide bonds. The van der Waals surface area contributed by atoms with Gasteiger partial charge in [0.25, 0.3) is 0 Å². The maximum atomic E-state index is 6.04. The first-order valence-electron chi connectivity index (χ1n) is 6.51. The maximum absolute atomic E-state index is 6.04. The van der Waals surface area contributed by atoms with Crippen molar-refractivity contribution in [2.24, 2.45) is 0 Å². The van der Waals surface area contributed by atoms with Gasteiger partial charge in [0.1, 0.15) is 17.8 Å². The summed E-state index contributed by atoms with van der Waals surface area (Å²) in [4.78, 5) is 0. The quantitative estimate of drug-likeness (QED) is 0.738. The Labute approximate surface area is 104 Å². The summed E-state index contributed by atoms with van der Waals surface area (Å²) < 4.78 is 23.5. The van der Waals surface area contributed by atoms with Gasteiger partial charge in [-0.25, -0.2) is 0 Å². The fourth-order valence-corrected chi connectivity index (χ4v) is 2.59. The highest BCUT2D eigenvalue weighted by Crippen LogP contribution is 2.42. The van der Waals surface area contributed by atoms with Crippen molar-refractivity contribution in [2.75, 3.05) is 13.2 Å². The molecule has 4 atom stereocenters. The molecule has 2 saturated heterocycles. The van der Waals surface area contributed by atoms with Gasteiger partial charge in [-0.05, 0) is 34.6 Å². The van der Waals surface area contributed by atoms with E-state index in [1.54, 1.807) is 0 Å². The molecule has 2 aliphatic heterocycles. The smallest absolute Gasteiger partial charge is 0.144 e. The second kappa shape index (κ2) is 4.84. The Hall–Kier alpha value is -0.160. The molecule has 0 saturated carbocycles. The van der Waals surface area contributed by atoms with Crippen LogP contribution in [-0.2, 0) is 18.9 Å². The van der Waals surface area contributed by atoms with Crippen molar-refractivity contribution < 1.29 is 18.9 Å². The first-order chi connectivity index (χ1) is 7.94. The summed E-state index contributed by atoms with van der Waals surface area (Å²) >= 11 is 0. The van der Waals surface area contributed by atoms with E-state index < -0.39 is 5.60 Å². The first kappa shape index (κ1) is 13.3. The molecule has 0 aliphatic carbocycles. The minimum Gasteiger partial charge on any atom is -0.376 e. The molecule has 4 nitrogen and oxygen atoms in total. The van der Waals surface area contributed by atoms with Crippen LogP contribution in [0.25, 0.3) is 0 Å². The molecule has 2 rings (SSSR count). The average molecular weight is 244 g/mol. The standard InChI is InChI=1S/C13H24O4/c1-8(2)14-6-13-7-15-11(10(5)17-13)12(13)16-9(3)4/h8-12H,6-7H2,1-5H3/t10-,11+,12?,13-/m0/s1.